The molecule has 0 saturated heterocycles. The number of likely N-dealkylation sites (N-methyl/N-ethyl adjacent to an activating group) is 1. The van der Waals surface area contributed by atoms with Gasteiger partial charge < -0.3 is 14.7 Å². The molecule has 0 saturated carbocycles. The summed E-state index contributed by atoms with van der Waals surface area (Å²) in [6.45, 7) is 7.13. The number of hydrogen-bond donors (Lipinski definition) is 1. The molecule has 0 aromatic heterocycles. The molecule has 0 bridgehead atoms. The Labute approximate surface area is 145 Å². The molecule has 1 aliphatic rings. The number of carbonyl (C=O) groups is 1. The van der Waals surface area contributed by atoms with Crippen molar-refractivity contribution in [2.75, 3.05) is 26.2 Å². The van der Waals surface area contributed by atoms with Gasteiger partial charge in [0.1, 0.15) is 12.5 Å². The Bertz CT molecular complexity index is 537. The first-order chi connectivity index (χ1) is 11.7. The van der Waals surface area contributed by atoms with E-state index in [4.69, 9.17) is 4.74 Å². The number of rotatable bonds is 9. The molecule has 0 unspecified atom stereocenters. The van der Waals surface area contributed by atoms with Crippen molar-refractivity contribution in [1.29, 1.82) is 0 Å². The highest BCUT2D eigenvalue weighted by molar-refractivity contribution is 5.79. The molecule has 1 aliphatic carbocycles. The quantitative estimate of drug-likeness (QED) is 0.558. The summed E-state index contributed by atoms with van der Waals surface area (Å²) < 4.78 is 5.51. The van der Waals surface area contributed by atoms with Gasteiger partial charge in [0.2, 0.25) is 0 Å². The Balaban J connectivity index is 2.06. The van der Waals surface area contributed by atoms with Crippen molar-refractivity contribution in [2.45, 2.75) is 45.1 Å². The van der Waals surface area contributed by atoms with E-state index in [2.05, 4.69) is 24.8 Å². The third-order valence-electron chi connectivity index (χ3n) is 4.73. The van der Waals surface area contributed by atoms with E-state index >= 15 is 0 Å². The lowest BCUT2D eigenvalue weighted by Gasteiger charge is -2.24. The number of aliphatic hydroxyl groups excluding tert-OH is 1. The highest BCUT2D eigenvalue weighted by Crippen LogP contribution is 2.31. The van der Waals surface area contributed by atoms with Gasteiger partial charge in [0.25, 0.3) is 0 Å². The second-order valence-corrected chi connectivity index (χ2v) is 6.20. The lowest BCUT2D eigenvalue weighted by molar-refractivity contribution is -0.148. The van der Waals surface area contributed by atoms with Crippen molar-refractivity contribution in [3.05, 3.63) is 47.5 Å². The fourth-order valence-electron chi connectivity index (χ4n) is 3.19. The average Bonchev–Trinajstić information content (AvgIpc) is 3.14. The SMILES string of the molecule is CCN(CC)CCOC(=O)[C@@H](c1ccccc1)[C@@H](O)C1=CCCC1. The van der Waals surface area contributed by atoms with Crippen molar-refractivity contribution in [2.24, 2.45) is 0 Å². The van der Waals surface area contributed by atoms with Crippen LogP contribution in [0.4, 0.5) is 0 Å². The van der Waals surface area contributed by atoms with E-state index in [9.17, 15) is 9.90 Å². The molecule has 0 amide bonds. The zero-order valence-electron chi connectivity index (χ0n) is 14.8. The summed E-state index contributed by atoms with van der Waals surface area (Å²) in [6.07, 6.45) is 4.15. The van der Waals surface area contributed by atoms with E-state index < -0.39 is 12.0 Å². The molecular formula is C20H29NO3. The van der Waals surface area contributed by atoms with E-state index in [1.165, 1.54) is 0 Å². The Morgan fingerprint density at radius 3 is 2.54 bits per heavy atom. The van der Waals surface area contributed by atoms with Gasteiger partial charge in [-0.2, -0.15) is 0 Å². The number of esters is 1. The third kappa shape index (κ3) is 4.92. The standard InChI is InChI=1S/C20H29NO3/c1-3-21(4-2)14-15-24-20(23)18(16-10-6-5-7-11-16)19(22)17-12-8-9-13-17/h5-7,10-12,18-19,22H,3-4,8-9,13-15H2,1-2H3/t18-,19-/m0/s1. The molecule has 0 radical (unpaired) electrons. The number of ether oxygens (including phenoxy) is 1. The molecule has 1 aromatic rings. The first kappa shape index (κ1) is 18.7. The minimum atomic E-state index is -0.796. The van der Waals surface area contributed by atoms with Crippen molar-refractivity contribution in [1.82, 2.24) is 4.90 Å². The smallest absolute Gasteiger partial charge is 0.316 e. The Hall–Kier alpha value is -1.65. The van der Waals surface area contributed by atoms with Crippen LogP contribution in [-0.2, 0) is 9.53 Å². The Morgan fingerprint density at radius 1 is 1.25 bits per heavy atom. The fourth-order valence-corrected chi connectivity index (χ4v) is 3.19. The summed E-state index contributed by atoms with van der Waals surface area (Å²) in [5.74, 6) is -0.985. The first-order valence-corrected chi connectivity index (χ1v) is 8.98. The summed E-state index contributed by atoms with van der Waals surface area (Å²) >= 11 is 0. The van der Waals surface area contributed by atoms with Gasteiger partial charge in [-0.05, 0) is 43.5 Å². The summed E-state index contributed by atoms with van der Waals surface area (Å²) in [4.78, 5) is 14.9. The molecule has 1 aromatic carbocycles. The highest BCUT2D eigenvalue weighted by atomic mass is 16.5. The van der Waals surface area contributed by atoms with Crippen LogP contribution < -0.4 is 0 Å². The fraction of sp³-hybridized carbons (Fsp3) is 0.550. The second kappa shape index (κ2) is 9.60. The summed E-state index contributed by atoms with van der Waals surface area (Å²) in [6, 6.07) is 9.46. The summed E-state index contributed by atoms with van der Waals surface area (Å²) in [5, 5.41) is 10.8. The molecule has 1 N–H and O–H groups in total. The van der Waals surface area contributed by atoms with E-state index in [-0.39, 0.29) is 5.97 Å². The molecule has 0 heterocycles. The largest absolute Gasteiger partial charge is 0.464 e. The number of benzene rings is 1. The topological polar surface area (TPSA) is 49.8 Å². The maximum atomic E-state index is 12.7. The summed E-state index contributed by atoms with van der Waals surface area (Å²) in [5.41, 5.74) is 1.77. The minimum Gasteiger partial charge on any atom is -0.464 e. The molecule has 24 heavy (non-hydrogen) atoms. The van der Waals surface area contributed by atoms with Gasteiger partial charge >= 0.3 is 5.97 Å². The maximum Gasteiger partial charge on any atom is 0.316 e. The average molecular weight is 331 g/mol. The van der Waals surface area contributed by atoms with Crippen molar-refractivity contribution < 1.29 is 14.6 Å². The minimum absolute atomic E-state index is 0.339. The van der Waals surface area contributed by atoms with Crippen LogP contribution in [0.25, 0.3) is 0 Å². The molecule has 0 fully saturated rings. The van der Waals surface area contributed by atoms with E-state index in [1.54, 1.807) is 0 Å². The molecule has 4 nitrogen and oxygen atoms in total. The van der Waals surface area contributed by atoms with Crippen LogP contribution in [0.1, 0.15) is 44.6 Å². The Morgan fingerprint density at radius 2 is 1.96 bits per heavy atom. The third-order valence-corrected chi connectivity index (χ3v) is 4.73. The van der Waals surface area contributed by atoms with Gasteiger partial charge in [-0.15, -0.1) is 0 Å². The number of aliphatic hydroxyl groups is 1. The lowest BCUT2D eigenvalue weighted by atomic mass is 9.88. The number of hydrogen-bond acceptors (Lipinski definition) is 4. The molecular weight excluding hydrogens is 302 g/mol. The van der Waals surface area contributed by atoms with E-state index in [1.807, 2.05) is 30.3 Å². The first-order valence-electron chi connectivity index (χ1n) is 8.98. The van der Waals surface area contributed by atoms with Crippen LogP contribution >= 0.6 is 0 Å². The molecule has 2 atom stereocenters. The normalized spacial score (nSPS) is 16.8. The van der Waals surface area contributed by atoms with Gasteiger partial charge in [0.05, 0.1) is 6.10 Å². The van der Waals surface area contributed by atoms with E-state index in [0.717, 1.165) is 50.0 Å². The van der Waals surface area contributed by atoms with Gasteiger partial charge in [0, 0.05) is 6.54 Å². The van der Waals surface area contributed by atoms with Gasteiger partial charge in [-0.3, -0.25) is 4.79 Å². The number of allylic oxidation sites excluding steroid dienone is 1. The maximum absolute atomic E-state index is 12.7. The predicted octanol–water partition coefficient (Wildman–Crippen LogP) is 3.13. The van der Waals surface area contributed by atoms with Gasteiger partial charge in [0.15, 0.2) is 0 Å². The highest BCUT2D eigenvalue weighted by Gasteiger charge is 2.33. The van der Waals surface area contributed by atoms with Crippen LogP contribution in [0.5, 0.6) is 0 Å². The number of nitrogens with zero attached hydrogens (tertiary/aromatic N) is 1. The van der Waals surface area contributed by atoms with Crippen molar-refractivity contribution >= 4 is 5.97 Å². The Kier molecular flexibility index (Phi) is 7.47. The monoisotopic (exact) mass is 331 g/mol. The van der Waals surface area contributed by atoms with Gasteiger partial charge in [-0.25, -0.2) is 0 Å². The molecule has 0 spiro atoms. The molecule has 132 valence electrons. The van der Waals surface area contributed by atoms with Crippen molar-refractivity contribution in [3.63, 3.8) is 0 Å². The van der Waals surface area contributed by atoms with Crippen LogP contribution in [0.2, 0.25) is 0 Å². The molecule has 4 heteroatoms. The second-order valence-electron chi connectivity index (χ2n) is 6.20. The lowest BCUT2D eigenvalue weighted by Crippen LogP contribution is -2.32. The zero-order valence-corrected chi connectivity index (χ0v) is 14.8. The van der Waals surface area contributed by atoms with Gasteiger partial charge in [-0.1, -0.05) is 50.3 Å². The van der Waals surface area contributed by atoms with Crippen LogP contribution in [0.3, 0.4) is 0 Å². The molecule has 0 aliphatic heterocycles. The number of carbonyl (C=O) groups excluding carboxylic acids is 1. The van der Waals surface area contributed by atoms with Crippen LogP contribution in [0.15, 0.2) is 42.0 Å². The van der Waals surface area contributed by atoms with Crippen molar-refractivity contribution in [3.8, 4) is 0 Å². The van der Waals surface area contributed by atoms with Crippen LogP contribution in [0, 0.1) is 0 Å². The zero-order chi connectivity index (χ0) is 17.4. The van der Waals surface area contributed by atoms with E-state index in [0.29, 0.717) is 6.61 Å². The van der Waals surface area contributed by atoms with Crippen LogP contribution in [-0.4, -0.2) is 48.3 Å². The summed E-state index contributed by atoms with van der Waals surface area (Å²) in [7, 11) is 0. The molecule has 2 rings (SSSR count). The predicted molar refractivity (Wildman–Crippen MR) is 95.9 cm³/mol.